The predicted octanol–water partition coefficient (Wildman–Crippen LogP) is 3.26. The van der Waals surface area contributed by atoms with Gasteiger partial charge in [0.2, 0.25) is 0 Å². The van der Waals surface area contributed by atoms with Gasteiger partial charge >= 0.3 is 0 Å². The van der Waals surface area contributed by atoms with Gasteiger partial charge in [-0.2, -0.15) is 5.10 Å². The lowest BCUT2D eigenvalue weighted by atomic mass is 10.1. The van der Waals surface area contributed by atoms with Crippen molar-refractivity contribution in [1.82, 2.24) is 9.78 Å². The molecule has 1 aromatic heterocycles. The Bertz CT molecular complexity index is 551. The summed E-state index contributed by atoms with van der Waals surface area (Å²) in [6.07, 6.45) is 3.82. The number of hydrogen-bond acceptors (Lipinski definition) is 3. The fraction of sp³-hybridized carbons (Fsp3) is 0.357. The molecular weight excluding hydrogens is 306 g/mol. The van der Waals surface area contributed by atoms with E-state index in [4.69, 9.17) is 10.5 Å². The van der Waals surface area contributed by atoms with Gasteiger partial charge in [-0.25, -0.2) is 0 Å². The molecule has 2 aromatic rings. The first-order valence-corrected chi connectivity index (χ1v) is 7.08. The Morgan fingerprint density at radius 2 is 2.26 bits per heavy atom. The first-order chi connectivity index (χ1) is 9.10. The van der Waals surface area contributed by atoms with Crippen molar-refractivity contribution in [3.05, 3.63) is 46.2 Å². The van der Waals surface area contributed by atoms with Crippen LogP contribution in [0.3, 0.4) is 0 Å². The van der Waals surface area contributed by atoms with Crippen LogP contribution in [0.25, 0.3) is 0 Å². The van der Waals surface area contributed by atoms with Crippen LogP contribution in [0.1, 0.15) is 31.0 Å². The van der Waals surface area contributed by atoms with Crippen LogP contribution >= 0.6 is 15.9 Å². The maximum Gasteiger partial charge on any atom is 0.124 e. The van der Waals surface area contributed by atoms with Crippen molar-refractivity contribution in [3.8, 4) is 5.75 Å². The van der Waals surface area contributed by atoms with Crippen LogP contribution in [-0.4, -0.2) is 9.78 Å². The summed E-state index contributed by atoms with van der Waals surface area (Å²) in [6.45, 7) is 5.37. The Morgan fingerprint density at radius 1 is 1.47 bits per heavy atom. The number of benzene rings is 1. The molecule has 19 heavy (non-hydrogen) atoms. The van der Waals surface area contributed by atoms with Gasteiger partial charge in [0.15, 0.2) is 0 Å². The first-order valence-electron chi connectivity index (χ1n) is 6.29. The van der Waals surface area contributed by atoms with Gasteiger partial charge in [0.25, 0.3) is 0 Å². The molecule has 2 rings (SSSR count). The summed E-state index contributed by atoms with van der Waals surface area (Å²) in [7, 11) is 0. The molecule has 0 spiro atoms. The van der Waals surface area contributed by atoms with Crippen molar-refractivity contribution in [3.63, 3.8) is 0 Å². The minimum absolute atomic E-state index is 0.0640. The second kappa shape index (κ2) is 6.21. The van der Waals surface area contributed by atoms with E-state index >= 15 is 0 Å². The SMILES string of the molecule is CCn1cc(COc2ccc(Br)cc2[C@@H](C)N)cn1. The number of nitrogens with zero attached hydrogens (tertiary/aromatic N) is 2. The molecule has 0 saturated heterocycles. The number of nitrogens with two attached hydrogens (primary N) is 1. The van der Waals surface area contributed by atoms with E-state index in [2.05, 4.69) is 28.0 Å². The van der Waals surface area contributed by atoms with Crippen molar-refractivity contribution in [2.75, 3.05) is 0 Å². The van der Waals surface area contributed by atoms with E-state index in [1.807, 2.05) is 42.2 Å². The van der Waals surface area contributed by atoms with Gasteiger partial charge in [-0.3, -0.25) is 4.68 Å². The molecule has 0 fully saturated rings. The standard InChI is InChI=1S/C14H18BrN3O/c1-3-18-8-11(7-17-18)9-19-14-5-4-12(15)6-13(14)10(2)16/h4-8,10H,3,9,16H2,1-2H3/t10-/m1/s1. The van der Waals surface area contributed by atoms with Crippen molar-refractivity contribution >= 4 is 15.9 Å². The Kier molecular flexibility index (Phi) is 4.61. The summed E-state index contributed by atoms with van der Waals surface area (Å²) in [5.41, 5.74) is 8.01. The lowest BCUT2D eigenvalue weighted by Crippen LogP contribution is -2.08. The highest BCUT2D eigenvalue weighted by Gasteiger charge is 2.09. The van der Waals surface area contributed by atoms with Crippen LogP contribution in [0.2, 0.25) is 0 Å². The van der Waals surface area contributed by atoms with Gasteiger partial charge in [0.1, 0.15) is 12.4 Å². The number of ether oxygens (including phenoxy) is 1. The fourth-order valence-corrected chi connectivity index (χ4v) is 2.20. The second-order valence-electron chi connectivity index (χ2n) is 4.46. The van der Waals surface area contributed by atoms with E-state index in [9.17, 15) is 0 Å². The second-order valence-corrected chi connectivity index (χ2v) is 5.38. The molecule has 0 aliphatic heterocycles. The van der Waals surface area contributed by atoms with Crippen molar-refractivity contribution in [1.29, 1.82) is 0 Å². The molecule has 1 heterocycles. The third-order valence-electron chi connectivity index (χ3n) is 2.87. The lowest BCUT2D eigenvalue weighted by Gasteiger charge is -2.14. The summed E-state index contributed by atoms with van der Waals surface area (Å²) >= 11 is 3.45. The Morgan fingerprint density at radius 3 is 2.89 bits per heavy atom. The number of aromatic nitrogens is 2. The summed E-state index contributed by atoms with van der Waals surface area (Å²) in [6, 6.07) is 5.82. The maximum atomic E-state index is 5.96. The van der Waals surface area contributed by atoms with Crippen LogP contribution in [0, 0.1) is 0 Å². The third kappa shape index (κ3) is 3.58. The minimum Gasteiger partial charge on any atom is -0.488 e. The highest BCUT2D eigenvalue weighted by atomic mass is 79.9. The van der Waals surface area contributed by atoms with E-state index in [1.165, 1.54) is 0 Å². The fourth-order valence-electron chi connectivity index (χ4n) is 1.82. The molecule has 4 nitrogen and oxygen atoms in total. The number of hydrogen-bond donors (Lipinski definition) is 1. The average Bonchev–Trinajstić information content (AvgIpc) is 2.85. The smallest absolute Gasteiger partial charge is 0.124 e. The van der Waals surface area contributed by atoms with Gasteiger partial charge in [0, 0.05) is 34.4 Å². The van der Waals surface area contributed by atoms with Gasteiger partial charge in [-0.15, -0.1) is 0 Å². The predicted molar refractivity (Wildman–Crippen MR) is 79.0 cm³/mol. The van der Waals surface area contributed by atoms with Gasteiger partial charge < -0.3 is 10.5 Å². The van der Waals surface area contributed by atoms with Crippen LogP contribution < -0.4 is 10.5 Å². The molecule has 0 unspecified atom stereocenters. The zero-order chi connectivity index (χ0) is 13.8. The number of halogens is 1. The van der Waals surface area contributed by atoms with Crippen molar-refractivity contribution in [2.45, 2.75) is 33.0 Å². The van der Waals surface area contributed by atoms with Gasteiger partial charge in [-0.05, 0) is 32.0 Å². The zero-order valence-electron chi connectivity index (χ0n) is 11.1. The van der Waals surface area contributed by atoms with Gasteiger partial charge in [0.05, 0.1) is 6.20 Å². The maximum absolute atomic E-state index is 5.96. The van der Waals surface area contributed by atoms with Crippen LogP contribution in [0.15, 0.2) is 35.1 Å². The summed E-state index contributed by atoms with van der Waals surface area (Å²) in [4.78, 5) is 0. The highest BCUT2D eigenvalue weighted by Crippen LogP contribution is 2.28. The van der Waals surface area contributed by atoms with E-state index in [0.29, 0.717) is 6.61 Å². The molecule has 2 N–H and O–H groups in total. The van der Waals surface area contributed by atoms with Crippen molar-refractivity contribution in [2.24, 2.45) is 5.73 Å². The summed E-state index contributed by atoms with van der Waals surface area (Å²) < 4.78 is 8.73. The van der Waals surface area contributed by atoms with Crippen LogP contribution in [0.4, 0.5) is 0 Å². The normalized spacial score (nSPS) is 12.4. The average molecular weight is 324 g/mol. The largest absolute Gasteiger partial charge is 0.488 e. The molecule has 1 aromatic carbocycles. The van der Waals surface area contributed by atoms with E-state index < -0.39 is 0 Å². The number of rotatable bonds is 5. The minimum atomic E-state index is -0.0640. The van der Waals surface area contributed by atoms with E-state index in [1.54, 1.807) is 0 Å². The third-order valence-corrected chi connectivity index (χ3v) is 3.36. The molecule has 0 aliphatic rings. The first kappa shape index (κ1) is 14.1. The number of aryl methyl sites for hydroxylation is 1. The summed E-state index contributed by atoms with van der Waals surface area (Å²) in [5, 5.41) is 4.22. The molecule has 102 valence electrons. The molecule has 0 amide bonds. The zero-order valence-corrected chi connectivity index (χ0v) is 12.7. The van der Waals surface area contributed by atoms with E-state index in [-0.39, 0.29) is 6.04 Å². The molecule has 0 aliphatic carbocycles. The van der Waals surface area contributed by atoms with Gasteiger partial charge in [-0.1, -0.05) is 15.9 Å². The van der Waals surface area contributed by atoms with E-state index in [0.717, 1.165) is 27.9 Å². The molecule has 0 saturated carbocycles. The van der Waals surface area contributed by atoms with Crippen LogP contribution in [-0.2, 0) is 13.2 Å². The summed E-state index contributed by atoms with van der Waals surface area (Å²) in [5.74, 6) is 0.822. The molecule has 0 radical (unpaired) electrons. The monoisotopic (exact) mass is 323 g/mol. The molecule has 1 atom stereocenters. The van der Waals surface area contributed by atoms with Crippen molar-refractivity contribution < 1.29 is 4.74 Å². The Labute approximate surface area is 121 Å². The topological polar surface area (TPSA) is 53.1 Å². The Hall–Kier alpha value is -1.33. The van der Waals surface area contributed by atoms with Crippen LogP contribution in [0.5, 0.6) is 5.75 Å². The molecule has 0 bridgehead atoms. The lowest BCUT2D eigenvalue weighted by molar-refractivity contribution is 0.301. The Balaban J connectivity index is 2.10. The molecule has 5 heteroatoms. The quantitative estimate of drug-likeness (QED) is 0.918. The molecular formula is C14H18BrN3O. The highest BCUT2D eigenvalue weighted by molar-refractivity contribution is 9.10.